The van der Waals surface area contributed by atoms with Crippen LogP contribution in [0.1, 0.15) is 35.9 Å². The van der Waals surface area contributed by atoms with Crippen LogP contribution in [0.5, 0.6) is 0 Å². The predicted molar refractivity (Wildman–Crippen MR) is 149 cm³/mol. The summed E-state index contributed by atoms with van der Waals surface area (Å²) in [5, 5.41) is 0. The predicted octanol–water partition coefficient (Wildman–Crippen LogP) is 6.79. The third kappa shape index (κ3) is 5.27. The van der Waals surface area contributed by atoms with Crippen LogP contribution in [-0.4, -0.2) is 23.0 Å². The first-order valence-electron chi connectivity index (χ1n) is 12.6. The summed E-state index contributed by atoms with van der Waals surface area (Å²) in [6, 6.07) is 16.6. The number of anilines is 1. The molecule has 0 aliphatic carbocycles. The normalized spacial score (nSPS) is 11.7. The molecule has 0 fully saturated rings. The molecule has 0 atom stereocenters. The van der Waals surface area contributed by atoms with Gasteiger partial charge < -0.3 is 4.57 Å². The molecule has 0 radical (unpaired) electrons. The van der Waals surface area contributed by atoms with E-state index >= 15 is 0 Å². The standard InChI is InChI=1S/C30H28F2N4O2S/c1-4-6-28-34-29-20(3)15-19(2)16-27(29)36(28)18-21-9-11-22(12-10-21)23-13-14-33-17-26(23)35-39(37,38)30-24(31)7-5-8-25(30)32/h5,7-17,35H,4,6,18H2,1-3H3. The lowest BCUT2D eigenvalue weighted by atomic mass is 10.0. The molecule has 5 aromatic rings. The maximum atomic E-state index is 14.2. The first-order valence-corrected chi connectivity index (χ1v) is 14.1. The van der Waals surface area contributed by atoms with E-state index in [1.807, 2.05) is 24.3 Å². The number of aromatic nitrogens is 3. The van der Waals surface area contributed by atoms with Crippen molar-refractivity contribution in [2.24, 2.45) is 0 Å². The molecule has 39 heavy (non-hydrogen) atoms. The molecule has 2 heterocycles. The lowest BCUT2D eigenvalue weighted by Gasteiger charge is -2.14. The average Bonchev–Trinajstić information content (AvgIpc) is 3.22. The van der Waals surface area contributed by atoms with E-state index in [4.69, 9.17) is 4.98 Å². The maximum Gasteiger partial charge on any atom is 0.267 e. The summed E-state index contributed by atoms with van der Waals surface area (Å²) < 4.78 is 58.7. The highest BCUT2D eigenvalue weighted by Gasteiger charge is 2.25. The number of halogens is 2. The van der Waals surface area contributed by atoms with Crippen molar-refractivity contribution in [1.82, 2.24) is 14.5 Å². The number of imidazole rings is 1. The Hall–Kier alpha value is -4.11. The van der Waals surface area contributed by atoms with Crippen LogP contribution in [0.2, 0.25) is 0 Å². The van der Waals surface area contributed by atoms with Crippen LogP contribution >= 0.6 is 0 Å². The van der Waals surface area contributed by atoms with Gasteiger partial charge in [0.2, 0.25) is 0 Å². The van der Waals surface area contributed by atoms with Gasteiger partial charge in [-0.25, -0.2) is 22.2 Å². The Labute approximate surface area is 226 Å². The highest BCUT2D eigenvalue weighted by Crippen LogP contribution is 2.31. The van der Waals surface area contributed by atoms with Gasteiger partial charge in [-0.1, -0.05) is 43.3 Å². The number of hydrogen-bond acceptors (Lipinski definition) is 4. The number of hydrogen-bond donors (Lipinski definition) is 1. The van der Waals surface area contributed by atoms with Crippen LogP contribution < -0.4 is 4.72 Å². The SMILES string of the molecule is CCCc1nc2c(C)cc(C)cc2n1Cc1ccc(-c2ccncc2NS(=O)(=O)c2c(F)cccc2F)cc1. The number of pyridine rings is 1. The topological polar surface area (TPSA) is 76.9 Å². The largest absolute Gasteiger partial charge is 0.323 e. The zero-order chi connectivity index (χ0) is 27.7. The van der Waals surface area contributed by atoms with Crippen LogP contribution in [0, 0.1) is 25.5 Å². The zero-order valence-electron chi connectivity index (χ0n) is 21.9. The Kier molecular flexibility index (Phi) is 7.18. The number of nitrogens with one attached hydrogen (secondary N) is 1. The van der Waals surface area contributed by atoms with E-state index in [1.54, 1.807) is 6.07 Å². The molecule has 9 heteroatoms. The Balaban J connectivity index is 1.46. The van der Waals surface area contributed by atoms with Crippen molar-refractivity contribution in [3.8, 4) is 11.1 Å². The van der Waals surface area contributed by atoms with E-state index in [0.717, 1.165) is 64.6 Å². The summed E-state index contributed by atoms with van der Waals surface area (Å²) in [7, 11) is -4.54. The maximum absolute atomic E-state index is 14.2. The van der Waals surface area contributed by atoms with E-state index in [1.165, 1.54) is 18.0 Å². The minimum Gasteiger partial charge on any atom is -0.323 e. The molecule has 0 unspecified atom stereocenters. The monoisotopic (exact) mass is 546 g/mol. The molecule has 1 N–H and O–H groups in total. The Morgan fingerprint density at radius 3 is 2.38 bits per heavy atom. The molecule has 200 valence electrons. The Morgan fingerprint density at radius 2 is 1.69 bits per heavy atom. The molecule has 0 aliphatic rings. The molecule has 6 nitrogen and oxygen atoms in total. The van der Waals surface area contributed by atoms with Gasteiger partial charge in [-0.2, -0.15) is 0 Å². The summed E-state index contributed by atoms with van der Waals surface area (Å²) in [5.41, 5.74) is 6.88. The lowest BCUT2D eigenvalue weighted by Crippen LogP contribution is -2.17. The molecule has 0 saturated heterocycles. The fraction of sp³-hybridized carbons (Fsp3) is 0.200. The minimum atomic E-state index is -4.54. The van der Waals surface area contributed by atoms with Crippen LogP contribution in [0.3, 0.4) is 0 Å². The number of fused-ring (bicyclic) bond motifs is 1. The van der Waals surface area contributed by atoms with Crippen molar-refractivity contribution in [2.45, 2.75) is 45.1 Å². The quantitative estimate of drug-likeness (QED) is 0.232. The highest BCUT2D eigenvalue weighted by molar-refractivity contribution is 7.92. The molecule has 0 aliphatic heterocycles. The van der Waals surface area contributed by atoms with Crippen molar-refractivity contribution >= 4 is 26.7 Å². The summed E-state index contributed by atoms with van der Waals surface area (Å²) in [6.07, 6.45) is 4.70. The van der Waals surface area contributed by atoms with E-state index in [2.05, 4.69) is 47.2 Å². The van der Waals surface area contributed by atoms with E-state index < -0.39 is 26.6 Å². The van der Waals surface area contributed by atoms with Crippen molar-refractivity contribution in [3.05, 3.63) is 107 Å². The van der Waals surface area contributed by atoms with Gasteiger partial charge in [0.05, 0.1) is 22.9 Å². The first-order chi connectivity index (χ1) is 18.7. The number of aryl methyl sites for hydroxylation is 3. The molecule has 0 saturated carbocycles. The molecule has 2 aromatic heterocycles. The summed E-state index contributed by atoms with van der Waals surface area (Å²) >= 11 is 0. The Morgan fingerprint density at radius 1 is 0.974 bits per heavy atom. The van der Waals surface area contributed by atoms with E-state index in [9.17, 15) is 17.2 Å². The summed E-state index contributed by atoms with van der Waals surface area (Å²) in [4.78, 5) is 7.90. The molecule has 0 amide bonds. The second-order valence-corrected chi connectivity index (χ2v) is 11.2. The Bertz CT molecular complexity index is 1760. The fourth-order valence-corrected chi connectivity index (χ4v) is 6.05. The number of nitrogens with zero attached hydrogens (tertiary/aromatic N) is 3. The van der Waals surface area contributed by atoms with Crippen LogP contribution in [0.25, 0.3) is 22.2 Å². The van der Waals surface area contributed by atoms with Crippen molar-refractivity contribution in [3.63, 3.8) is 0 Å². The van der Waals surface area contributed by atoms with Crippen molar-refractivity contribution in [1.29, 1.82) is 0 Å². The van der Waals surface area contributed by atoms with Gasteiger partial charge in [0.25, 0.3) is 10.0 Å². The van der Waals surface area contributed by atoms with Gasteiger partial charge >= 0.3 is 0 Å². The number of rotatable bonds is 8. The smallest absolute Gasteiger partial charge is 0.267 e. The van der Waals surface area contributed by atoms with Gasteiger partial charge in [-0.15, -0.1) is 0 Å². The highest BCUT2D eigenvalue weighted by atomic mass is 32.2. The third-order valence-corrected chi connectivity index (χ3v) is 8.02. The lowest BCUT2D eigenvalue weighted by molar-refractivity contribution is 0.521. The first kappa shape index (κ1) is 26.5. The molecule has 0 bridgehead atoms. The molecular formula is C30H28F2N4O2S. The average molecular weight is 547 g/mol. The van der Waals surface area contributed by atoms with Gasteiger partial charge in [0.1, 0.15) is 17.5 Å². The molecule has 3 aromatic carbocycles. The van der Waals surface area contributed by atoms with E-state index in [0.29, 0.717) is 12.1 Å². The van der Waals surface area contributed by atoms with E-state index in [-0.39, 0.29) is 5.69 Å². The van der Waals surface area contributed by atoms with Crippen molar-refractivity contribution < 1.29 is 17.2 Å². The second kappa shape index (κ2) is 10.6. The summed E-state index contributed by atoms with van der Waals surface area (Å²) in [5.74, 6) is -1.30. The van der Waals surface area contributed by atoms with Gasteiger partial charge in [-0.05, 0) is 66.8 Å². The minimum absolute atomic E-state index is 0.115. The molecular weight excluding hydrogens is 518 g/mol. The zero-order valence-corrected chi connectivity index (χ0v) is 22.7. The number of benzene rings is 3. The summed E-state index contributed by atoms with van der Waals surface area (Å²) in [6.45, 7) is 6.94. The van der Waals surface area contributed by atoms with Gasteiger partial charge in [-0.3, -0.25) is 9.71 Å². The van der Waals surface area contributed by atoms with Gasteiger partial charge in [0, 0.05) is 24.7 Å². The van der Waals surface area contributed by atoms with Gasteiger partial charge in [0.15, 0.2) is 4.90 Å². The number of sulfonamides is 1. The molecule has 5 rings (SSSR count). The van der Waals surface area contributed by atoms with Crippen LogP contribution in [-0.2, 0) is 23.0 Å². The third-order valence-electron chi connectivity index (χ3n) is 6.60. The van der Waals surface area contributed by atoms with Crippen molar-refractivity contribution in [2.75, 3.05) is 4.72 Å². The molecule has 0 spiro atoms. The fourth-order valence-electron chi connectivity index (χ4n) is 4.84. The second-order valence-electron chi connectivity index (χ2n) is 9.59. The van der Waals surface area contributed by atoms with Crippen LogP contribution in [0.15, 0.2) is 78.0 Å². The van der Waals surface area contributed by atoms with Crippen LogP contribution in [0.4, 0.5) is 14.5 Å².